The Morgan fingerprint density at radius 3 is 2.64 bits per heavy atom. The van der Waals surface area contributed by atoms with Crippen LogP contribution < -0.4 is 0 Å². The van der Waals surface area contributed by atoms with Crippen molar-refractivity contribution >= 4 is 5.71 Å². The molecule has 0 saturated heterocycles. The highest BCUT2D eigenvalue weighted by Gasteiger charge is 2.13. The van der Waals surface area contributed by atoms with Gasteiger partial charge in [0.2, 0.25) is 0 Å². The molecule has 1 rings (SSSR count). The van der Waals surface area contributed by atoms with E-state index in [1.54, 1.807) is 0 Å². The Labute approximate surface area is 87.7 Å². The lowest BCUT2D eigenvalue weighted by Crippen LogP contribution is -2.30. The van der Waals surface area contributed by atoms with E-state index < -0.39 is 0 Å². The molecule has 0 N–H and O–H groups in total. The molecule has 0 aliphatic carbocycles. The summed E-state index contributed by atoms with van der Waals surface area (Å²) in [6.07, 6.45) is 4.54. The van der Waals surface area contributed by atoms with Gasteiger partial charge in [0.25, 0.3) is 0 Å². The van der Waals surface area contributed by atoms with Crippen molar-refractivity contribution in [1.29, 1.82) is 0 Å². The largest absolute Gasteiger partial charge is 0.372 e. The fraction of sp³-hybridized carbons (Fsp3) is 0.750. The lowest BCUT2D eigenvalue weighted by atomic mass is 10.0. The van der Waals surface area contributed by atoms with Crippen LogP contribution in [0, 0.1) is 0 Å². The zero-order chi connectivity index (χ0) is 10.6. The van der Waals surface area contributed by atoms with Gasteiger partial charge in [0.15, 0.2) is 0 Å². The van der Waals surface area contributed by atoms with Crippen LogP contribution in [0.1, 0.15) is 40.5 Å². The van der Waals surface area contributed by atoms with Crippen LogP contribution in [0.15, 0.2) is 16.8 Å². The lowest BCUT2D eigenvalue weighted by molar-refractivity contribution is 0.433. The van der Waals surface area contributed by atoms with E-state index in [0.717, 1.165) is 25.9 Å². The maximum atomic E-state index is 4.67. The maximum absolute atomic E-state index is 4.67. The van der Waals surface area contributed by atoms with Crippen molar-refractivity contribution < 1.29 is 0 Å². The topological polar surface area (TPSA) is 15.6 Å². The van der Waals surface area contributed by atoms with Gasteiger partial charge in [0, 0.05) is 24.7 Å². The van der Waals surface area contributed by atoms with Crippen LogP contribution in [0.5, 0.6) is 0 Å². The molecule has 80 valence electrons. The normalized spacial score (nSPS) is 20.5. The predicted octanol–water partition coefficient (Wildman–Crippen LogP) is 2.86. The van der Waals surface area contributed by atoms with E-state index in [9.17, 15) is 0 Å². The average Bonchev–Trinajstić information content (AvgIpc) is 2.16. The molecule has 0 atom stereocenters. The van der Waals surface area contributed by atoms with Crippen LogP contribution in [0.25, 0.3) is 0 Å². The molecule has 0 aromatic rings. The monoisotopic (exact) mass is 194 g/mol. The molecule has 2 nitrogen and oxygen atoms in total. The van der Waals surface area contributed by atoms with Gasteiger partial charge in [-0.15, -0.1) is 0 Å². The average molecular weight is 194 g/mol. The van der Waals surface area contributed by atoms with E-state index in [2.05, 4.69) is 43.8 Å². The summed E-state index contributed by atoms with van der Waals surface area (Å²) in [4.78, 5) is 7.02. The van der Waals surface area contributed by atoms with Crippen LogP contribution in [0.3, 0.4) is 0 Å². The quantitative estimate of drug-likeness (QED) is 0.674. The molecule has 14 heavy (non-hydrogen) atoms. The first kappa shape index (κ1) is 11.3. The van der Waals surface area contributed by atoms with Gasteiger partial charge in [-0.05, 0) is 39.0 Å². The first-order valence-electron chi connectivity index (χ1n) is 5.64. The van der Waals surface area contributed by atoms with E-state index in [1.807, 2.05) is 0 Å². The van der Waals surface area contributed by atoms with E-state index in [0.29, 0.717) is 6.04 Å². The Morgan fingerprint density at radius 2 is 2.14 bits per heavy atom. The summed E-state index contributed by atoms with van der Waals surface area (Å²) in [7, 11) is 0. The summed E-state index contributed by atoms with van der Waals surface area (Å²) in [6, 6.07) is 0.430. The molecule has 0 unspecified atom stereocenters. The fourth-order valence-electron chi connectivity index (χ4n) is 1.77. The summed E-state index contributed by atoms with van der Waals surface area (Å²) in [5.41, 5.74) is 2.86. The molecule has 0 radical (unpaired) electrons. The summed E-state index contributed by atoms with van der Waals surface area (Å²) in [6.45, 7) is 10.8. The number of hydrogen-bond acceptors (Lipinski definition) is 2. The summed E-state index contributed by atoms with van der Waals surface area (Å²) in [5, 5.41) is 0. The number of allylic oxidation sites excluding steroid dienone is 1. The van der Waals surface area contributed by atoms with Gasteiger partial charge in [-0.25, -0.2) is 0 Å². The smallest absolute Gasteiger partial charge is 0.0556 e. The standard InChI is InChI=1S/C12H22N2/c1-5-11-7-12(13-10(3)4)9-14(6-2)8-11/h8,10H,5-7,9H2,1-4H3. The van der Waals surface area contributed by atoms with Crippen LogP contribution in [-0.4, -0.2) is 29.7 Å². The molecule has 2 heteroatoms. The number of hydrogen-bond donors (Lipinski definition) is 0. The van der Waals surface area contributed by atoms with E-state index in [1.165, 1.54) is 11.3 Å². The molecular weight excluding hydrogens is 172 g/mol. The number of aliphatic imine (C=N–C) groups is 1. The molecule has 0 fully saturated rings. The minimum absolute atomic E-state index is 0.430. The first-order chi connectivity index (χ1) is 6.65. The number of nitrogens with zero attached hydrogens (tertiary/aromatic N) is 2. The summed E-state index contributed by atoms with van der Waals surface area (Å²) >= 11 is 0. The summed E-state index contributed by atoms with van der Waals surface area (Å²) < 4.78 is 0. The molecule has 0 bridgehead atoms. The molecule has 1 heterocycles. The van der Waals surface area contributed by atoms with Crippen molar-refractivity contribution in [2.45, 2.75) is 46.6 Å². The molecule has 1 aliphatic rings. The van der Waals surface area contributed by atoms with E-state index in [4.69, 9.17) is 0 Å². The van der Waals surface area contributed by atoms with Crippen molar-refractivity contribution in [3.05, 3.63) is 11.8 Å². The zero-order valence-electron chi connectivity index (χ0n) is 9.88. The highest BCUT2D eigenvalue weighted by Crippen LogP contribution is 2.16. The second-order valence-corrected chi connectivity index (χ2v) is 4.17. The molecule has 0 aromatic heterocycles. The second kappa shape index (κ2) is 5.18. The van der Waals surface area contributed by atoms with E-state index in [-0.39, 0.29) is 0 Å². The van der Waals surface area contributed by atoms with Crippen molar-refractivity contribution in [3.8, 4) is 0 Å². The molecule has 0 saturated carbocycles. The van der Waals surface area contributed by atoms with Crippen LogP contribution in [0.4, 0.5) is 0 Å². The maximum Gasteiger partial charge on any atom is 0.0556 e. The summed E-state index contributed by atoms with van der Waals surface area (Å²) in [5.74, 6) is 0. The van der Waals surface area contributed by atoms with Crippen LogP contribution >= 0.6 is 0 Å². The highest BCUT2D eigenvalue weighted by atomic mass is 15.1. The Balaban J connectivity index is 2.72. The van der Waals surface area contributed by atoms with Gasteiger partial charge < -0.3 is 4.90 Å². The van der Waals surface area contributed by atoms with Crippen LogP contribution in [-0.2, 0) is 0 Å². The zero-order valence-corrected chi connectivity index (χ0v) is 9.88. The number of rotatable bonds is 3. The molecule has 0 amide bonds. The van der Waals surface area contributed by atoms with Crippen molar-refractivity contribution in [1.82, 2.24) is 4.90 Å². The van der Waals surface area contributed by atoms with Gasteiger partial charge in [-0.2, -0.15) is 0 Å². The Hall–Kier alpha value is -0.790. The van der Waals surface area contributed by atoms with Gasteiger partial charge in [-0.3, -0.25) is 4.99 Å². The van der Waals surface area contributed by atoms with Gasteiger partial charge >= 0.3 is 0 Å². The van der Waals surface area contributed by atoms with Crippen molar-refractivity contribution in [2.24, 2.45) is 4.99 Å². The van der Waals surface area contributed by atoms with Gasteiger partial charge in [0.05, 0.1) is 6.54 Å². The third kappa shape index (κ3) is 3.17. The Kier molecular flexibility index (Phi) is 4.18. The van der Waals surface area contributed by atoms with Gasteiger partial charge in [0.1, 0.15) is 0 Å². The molecular formula is C12H22N2. The fourth-order valence-corrected chi connectivity index (χ4v) is 1.77. The minimum atomic E-state index is 0.430. The van der Waals surface area contributed by atoms with Crippen molar-refractivity contribution in [2.75, 3.05) is 13.1 Å². The SMILES string of the molecule is CCC1=CN(CC)CC(=NC(C)C)C1. The second-order valence-electron chi connectivity index (χ2n) is 4.17. The third-order valence-corrected chi connectivity index (χ3v) is 2.48. The predicted molar refractivity (Wildman–Crippen MR) is 62.8 cm³/mol. The van der Waals surface area contributed by atoms with Gasteiger partial charge in [-0.1, -0.05) is 6.92 Å². The van der Waals surface area contributed by atoms with Crippen LogP contribution in [0.2, 0.25) is 0 Å². The molecule has 0 aromatic carbocycles. The lowest BCUT2D eigenvalue weighted by Gasteiger charge is -2.27. The minimum Gasteiger partial charge on any atom is -0.372 e. The van der Waals surface area contributed by atoms with Crippen molar-refractivity contribution in [3.63, 3.8) is 0 Å². The Bertz CT molecular complexity index is 239. The Morgan fingerprint density at radius 1 is 1.43 bits per heavy atom. The third-order valence-electron chi connectivity index (χ3n) is 2.48. The molecule has 1 aliphatic heterocycles. The molecule has 0 spiro atoms. The van der Waals surface area contributed by atoms with E-state index >= 15 is 0 Å². The highest BCUT2D eigenvalue weighted by molar-refractivity contribution is 5.89. The first-order valence-corrected chi connectivity index (χ1v) is 5.64.